The van der Waals surface area contributed by atoms with Crippen molar-refractivity contribution < 1.29 is 22.7 Å². The number of carbonyl (C=O) groups excluding carboxylic acids is 1. The zero-order chi connectivity index (χ0) is 25.8. The van der Waals surface area contributed by atoms with Crippen LogP contribution in [0.3, 0.4) is 0 Å². The van der Waals surface area contributed by atoms with Gasteiger partial charge in [-0.25, -0.2) is 4.68 Å². The molecule has 1 unspecified atom stereocenters. The van der Waals surface area contributed by atoms with Crippen LogP contribution in [-0.4, -0.2) is 46.8 Å². The molecule has 1 amide bonds. The van der Waals surface area contributed by atoms with Gasteiger partial charge < -0.3 is 9.64 Å². The van der Waals surface area contributed by atoms with Gasteiger partial charge in [0.25, 0.3) is 5.91 Å². The van der Waals surface area contributed by atoms with Gasteiger partial charge in [-0.2, -0.15) is 23.3 Å². The molecular weight excluding hydrogens is 477 g/mol. The van der Waals surface area contributed by atoms with Crippen molar-refractivity contribution in [1.29, 1.82) is 0 Å². The molecule has 1 fully saturated rings. The smallest absolute Gasteiger partial charge is 0.416 e. The highest BCUT2D eigenvalue weighted by molar-refractivity contribution is 7.09. The Morgan fingerprint density at radius 3 is 2.63 bits per heavy atom. The van der Waals surface area contributed by atoms with Gasteiger partial charge >= 0.3 is 6.18 Å². The van der Waals surface area contributed by atoms with Crippen molar-refractivity contribution in [2.45, 2.75) is 84.0 Å². The van der Waals surface area contributed by atoms with E-state index in [4.69, 9.17) is 4.74 Å². The normalized spacial score (nSPS) is 18.2. The van der Waals surface area contributed by atoms with Crippen LogP contribution in [0.15, 0.2) is 23.2 Å². The molecule has 1 atom stereocenters. The van der Waals surface area contributed by atoms with E-state index in [1.807, 2.05) is 27.8 Å². The number of piperidine rings is 1. The second-order valence-corrected chi connectivity index (χ2v) is 11.0. The Balaban J connectivity index is 1.99. The van der Waals surface area contributed by atoms with Gasteiger partial charge in [-0.3, -0.25) is 4.79 Å². The van der Waals surface area contributed by atoms with E-state index >= 15 is 0 Å². The molecule has 0 radical (unpaired) electrons. The molecule has 194 valence electrons. The summed E-state index contributed by atoms with van der Waals surface area (Å²) in [6.45, 7) is 9.92. The first-order valence-corrected chi connectivity index (χ1v) is 12.9. The number of unbranched alkanes of at least 4 members (excludes halogenated alkanes) is 1. The Bertz CT molecular complexity index is 1090. The summed E-state index contributed by atoms with van der Waals surface area (Å²) in [4.78, 5) is 20.0. The highest BCUT2D eigenvalue weighted by atomic mass is 32.1. The topological polar surface area (TPSA) is 59.7 Å². The summed E-state index contributed by atoms with van der Waals surface area (Å²) in [6.07, 6.45) is 0.331. The molecule has 35 heavy (non-hydrogen) atoms. The number of aryl methyl sites for hydroxylation is 1. The third-order valence-electron chi connectivity index (χ3n) is 6.07. The van der Waals surface area contributed by atoms with E-state index < -0.39 is 17.6 Å². The minimum Gasteiger partial charge on any atom is -0.491 e. The lowest BCUT2D eigenvalue weighted by molar-refractivity contribution is -0.137. The van der Waals surface area contributed by atoms with Gasteiger partial charge in [0, 0.05) is 18.0 Å². The molecule has 6 nitrogen and oxygen atoms in total. The molecule has 0 spiro atoms. The number of ether oxygens (including phenoxy) is 1. The third-order valence-corrected chi connectivity index (χ3v) is 7.44. The van der Waals surface area contributed by atoms with Crippen LogP contribution in [0.4, 0.5) is 13.2 Å². The Hall–Kier alpha value is -2.20. The van der Waals surface area contributed by atoms with Gasteiger partial charge in [-0.1, -0.05) is 51.9 Å². The van der Waals surface area contributed by atoms with E-state index in [9.17, 15) is 18.0 Å². The quantitative estimate of drug-likeness (QED) is 0.480. The fourth-order valence-electron chi connectivity index (χ4n) is 3.84. The van der Waals surface area contributed by atoms with Crippen LogP contribution in [0, 0.1) is 0 Å². The average Bonchev–Trinajstić information content (AvgIpc) is 3.19. The molecule has 3 rings (SSSR count). The molecule has 1 aromatic heterocycles. The number of carbonyl (C=O) groups is 1. The lowest BCUT2D eigenvalue weighted by Gasteiger charge is -2.32. The van der Waals surface area contributed by atoms with Crippen LogP contribution >= 0.6 is 11.3 Å². The molecule has 0 aliphatic carbocycles. The molecule has 0 saturated carbocycles. The van der Waals surface area contributed by atoms with E-state index in [0.29, 0.717) is 18.0 Å². The zero-order valence-corrected chi connectivity index (χ0v) is 21.9. The standard InChI is InChI=1S/C25H35F3N4O2S/c1-6-7-14-32-23(35-22(30-32)24(2,3)4)29-21(33)19-15-17(25(26,27)28)11-12-20(19)34-16-18-10-8-9-13-31(18)5/h11-12,15,18H,6-10,13-14,16H2,1-5H3/b29-23-. The van der Waals surface area contributed by atoms with Crippen molar-refractivity contribution in [2.24, 2.45) is 4.99 Å². The summed E-state index contributed by atoms with van der Waals surface area (Å²) in [5, 5.41) is 5.43. The molecule has 1 aliphatic heterocycles. The molecule has 2 heterocycles. The van der Waals surface area contributed by atoms with Crippen molar-refractivity contribution in [3.63, 3.8) is 0 Å². The number of benzene rings is 1. The number of aromatic nitrogens is 2. The monoisotopic (exact) mass is 512 g/mol. The predicted molar refractivity (Wildman–Crippen MR) is 131 cm³/mol. The molecular formula is C25H35F3N4O2S. The first kappa shape index (κ1) is 27.4. The van der Waals surface area contributed by atoms with Crippen LogP contribution in [0.25, 0.3) is 0 Å². The number of rotatable bonds is 7. The molecule has 2 aromatic rings. The Kier molecular flexibility index (Phi) is 8.80. The maximum Gasteiger partial charge on any atom is 0.416 e. The van der Waals surface area contributed by atoms with Gasteiger partial charge in [-0.05, 0) is 51.1 Å². The highest BCUT2D eigenvalue weighted by Gasteiger charge is 2.32. The summed E-state index contributed by atoms with van der Waals surface area (Å²) in [6, 6.07) is 3.17. The molecule has 0 N–H and O–H groups in total. The van der Waals surface area contributed by atoms with Crippen LogP contribution in [0.1, 0.15) is 80.7 Å². The van der Waals surface area contributed by atoms with Crippen molar-refractivity contribution in [1.82, 2.24) is 14.7 Å². The second-order valence-electron chi connectivity index (χ2n) is 10.1. The van der Waals surface area contributed by atoms with Crippen LogP contribution < -0.4 is 9.54 Å². The Morgan fingerprint density at radius 1 is 1.26 bits per heavy atom. The zero-order valence-electron chi connectivity index (χ0n) is 21.1. The molecule has 10 heteroatoms. The van der Waals surface area contributed by atoms with Crippen molar-refractivity contribution in [3.8, 4) is 5.75 Å². The number of alkyl halides is 3. The number of hydrogen-bond acceptors (Lipinski definition) is 5. The van der Waals surface area contributed by atoms with Crippen molar-refractivity contribution in [2.75, 3.05) is 20.2 Å². The van der Waals surface area contributed by atoms with Crippen LogP contribution in [0.2, 0.25) is 0 Å². The van der Waals surface area contributed by atoms with Crippen LogP contribution in [0.5, 0.6) is 5.75 Å². The highest BCUT2D eigenvalue weighted by Crippen LogP contribution is 2.33. The number of likely N-dealkylation sites (N-methyl/N-ethyl adjacent to an activating group) is 1. The number of amides is 1. The fraction of sp³-hybridized carbons (Fsp3) is 0.640. The van der Waals surface area contributed by atoms with Gasteiger partial charge in [0.2, 0.25) is 4.80 Å². The number of nitrogens with zero attached hydrogens (tertiary/aromatic N) is 4. The minimum atomic E-state index is -4.58. The molecule has 1 aromatic carbocycles. The maximum absolute atomic E-state index is 13.5. The maximum atomic E-state index is 13.5. The van der Waals surface area contributed by atoms with Gasteiger partial charge in [-0.15, -0.1) is 0 Å². The summed E-state index contributed by atoms with van der Waals surface area (Å²) in [5.74, 6) is -0.649. The van der Waals surface area contributed by atoms with Gasteiger partial charge in [0.15, 0.2) is 0 Å². The average molecular weight is 513 g/mol. The molecule has 1 aliphatic rings. The largest absolute Gasteiger partial charge is 0.491 e. The molecule has 0 bridgehead atoms. The SMILES string of the molecule is CCCCn1nc(C(C)(C)C)s/c1=N\C(=O)c1cc(C(F)(F)F)ccc1OCC1CCCCN1C. The third kappa shape index (κ3) is 7.16. The summed E-state index contributed by atoms with van der Waals surface area (Å²) < 4.78 is 48.0. The first-order chi connectivity index (χ1) is 16.4. The number of likely N-dealkylation sites (tertiary alicyclic amines) is 1. The first-order valence-electron chi connectivity index (χ1n) is 12.1. The summed E-state index contributed by atoms with van der Waals surface area (Å²) >= 11 is 1.29. The summed E-state index contributed by atoms with van der Waals surface area (Å²) in [5.41, 5.74) is -1.34. The minimum absolute atomic E-state index is 0.117. The fourth-order valence-corrected chi connectivity index (χ4v) is 4.82. The number of hydrogen-bond donors (Lipinski definition) is 0. The van der Waals surface area contributed by atoms with E-state index in [0.717, 1.165) is 55.8 Å². The van der Waals surface area contributed by atoms with Gasteiger partial charge in [0.1, 0.15) is 17.4 Å². The van der Waals surface area contributed by atoms with Crippen molar-refractivity contribution >= 4 is 17.2 Å². The van der Waals surface area contributed by atoms with E-state index in [2.05, 4.69) is 21.9 Å². The summed E-state index contributed by atoms with van der Waals surface area (Å²) in [7, 11) is 2.01. The molecule has 1 saturated heterocycles. The Morgan fingerprint density at radius 2 is 2.00 bits per heavy atom. The Labute approximate surface area is 208 Å². The van der Waals surface area contributed by atoms with E-state index in [1.165, 1.54) is 17.4 Å². The van der Waals surface area contributed by atoms with Crippen LogP contribution in [-0.2, 0) is 18.1 Å². The lowest BCUT2D eigenvalue weighted by atomic mass is 9.98. The lowest BCUT2D eigenvalue weighted by Crippen LogP contribution is -2.40. The van der Waals surface area contributed by atoms with Gasteiger partial charge in [0.05, 0.1) is 11.1 Å². The van der Waals surface area contributed by atoms with E-state index in [1.54, 1.807) is 4.68 Å². The predicted octanol–water partition coefficient (Wildman–Crippen LogP) is 5.67. The number of halogens is 3. The second kappa shape index (κ2) is 11.2. The van der Waals surface area contributed by atoms with E-state index in [-0.39, 0.29) is 22.8 Å². The van der Waals surface area contributed by atoms with Crippen molar-refractivity contribution in [3.05, 3.63) is 39.1 Å².